The molecule has 1 aromatic carbocycles. The molecule has 0 aliphatic carbocycles. The van der Waals surface area contributed by atoms with Gasteiger partial charge in [0.25, 0.3) is 11.5 Å². The van der Waals surface area contributed by atoms with E-state index in [9.17, 15) is 14.4 Å². The van der Waals surface area contributed by atoms with Crippen molar-refractivity contribution in [1.82, 2.24) is 9.47 Å². The van der Waals surface area contributed by atoms with E-state index in [1.54, 1.807) is 36.4 Å². The number of nitrogens with zero attached hydrogens (tertiary/aromatic N) is 2. The molecule has 1 aromatic heterocycles. The molecule has 1 amide bonds. The SMILES string of the molecule is CCC(=O)c1ccc(OCC(=O)N2C[C@@H]3C[C@H](C2)c2cccc(=O)n2C3)cc1. The maximum absolute atomic E-state index is 12.7. The Hall–Kier alpha value is -2.89. The van der Waals surface area contributed by atoms with Crippen molar-refractivity contribution in [3.8, 4) is 5.75 Å². The van der Waals surface area contributed by atoms with Crippen LogP contribution in [0.3, 0.4) is 0 Å². The first-order valence-electron chi connectivity index (χ1n) is 9.78. The van der Waals surface area contributed by atoms with Crippen molar-refractivity contribution in [2.45, 2.75) is 32.2 Å². The van der Waals surface area contributed by atoms with E-state index in [0.717, 1.165) is 12.1 Å². The van der Waals surface area contributed by atoms with Gasteiger partial charge >= 0.3 is 0 Å². The first kappa shape index (κ1) is 18.5. The minimum Gasteiger partial charge on any atom is -0.484 e. The van der Waals surface area contributed by atoms with Gasteiger partial charge in [0.05, 0.1) is 0 Å². The Kier molecular flexibility index (Phi) is 5.03. The standard InChI is InChI=1S/C22H24N2O4/c1-2-20(25)16-6-8-18(9-7-16)28-14-22(27)23-11-15-10-17(13-23)19-4-3-5-21(26)24(19)12-15/h3-9,15,17H,2,10-14H2,1H3/t15-,17+/m0/s1. The van der Waals surface area contributed by atoms with Gasteiger partial charge in [0.1, 0.15) is 5.75 Å². The second-order valence-electron chi connectivity index (χ2n) is 7.59. The zero-order valence-corrected chi connectivity index (χ0v) is 16.0. The van der Waals surface area contributed by atoms with E-state index in [1.807, 2.05) is 22.5 Å². The molecule has 1 fully saturated rings. The van der Waals surface area contributed by atoms with Crippen molar-refractivity contribution in [3.05, 3.63) is 64.1 Å². The number of hydrogen-bond acceptors (Lipinski definition) is 4. The molecule has 2 bridgehead atoms. The molecule has 2 atom stereocenters. The number of benzene rings is 1. The fourth-order valence-electron chi connectivity index (χ4n) is 4.28. The van der Waals surface area contributed by atoms with Gasteiger partial charge in [0.2, 0.25) is 0 Å². The number of hydrogen-bond donors (Lipinski definition) is 0. The van der Waals surface area contributed by atoms with Gasteiger partial charge in [0, 0.05) is 49.3 Å². The van der Waals surface area contributed by atoms with Crippen LogP contribution in [0.1, 0.15) is 41.7 Å². The number of rotatable bonds is 5. The summed E-state index contributed by atoms with van der Waals surface area (Å²) in [4.78, 5) is 38.3. The number of aromatic nitrogens is 1. The number of Topliss-reactive ketones (excluding diaryl/α,β-unsaturated/α-hetero) is 1. The molecule has 0 spiro atoms. The lowest BCUT2D eigenvalue weighted by Crippen LogP contribution is -2.50. The molecule has 6 heteroatoms. The molecule has 0 saturated carbocycles. The summed E-state index contributed by atoms with van der Waals surface area (Å²) >= 11 is 0. The van der Waals surface area contributed by atoms with Crippen molar-refractivity contribution >= 4 is 11.7 Å². The van der Waals surface area contributed by atoms with Gasteiger partial charge in [-0.1, -0.05) is 13.0 Å². The molecule has 28 heavy (non-hydrogen) atoms. The molecule has 0 unspecified atom stereocenters. The smallest absolute Gasteiger partial charge is 0.260 e. The van der Waals surface area contributed by atoms with E-state index in [0.29, 0.717) is 43.3 Å². The lowest BCUT2D eigenvalue weighted by atomic mass is 9.83. The molecule has 2 aliphatic rings. The third kappa shape index (κ3) is 3.59. The average Bonchev–Trinajstić information content (AvgIpc) is 2.72. The summed E-state index contributed by atoms with van der Waals surface area (Å²) in [6.07, 6.45) is 1.48. The van der Waals surface area contributed by atoms with Crippen LogP contribution in [0.2, 0.25) is 0 Å². The number of carbonyl (C=O) groups excluding carboxylic acids is 2. The molecule has 4 rings (SSSR count). The normalized spacial score (nSPS) is 20.4. The van der Waals surface area contributed by atoms with Gasteiger partial charge in [-0.2, -0.15) is 0 Å². The Morgan fingerprint density at radius 3 is 2.61 bits per heavy atom. The van der Waals surface area contributed by atoms with Gasteiger partial charge in [-0.25, -0.2) is 0 Å². The molecule has 146 valence electrons. The topological polar surface area (TPSA) is 68.6 Å². The van der Waals surface area contributed by atoms with Crippen molar-refractivity contribution in [2.24, 2.45) is 5.92 Å². The Balaban J connectivity index is 1.39. The monoisotopic (exact) mass is 380 g/mol. The summed E-state index contributed by atoms with van der Waals surface area (Å²) in [5.74, 6) is 1.12. The van der Waals surface area contributed by atoms with E-state index in [2.05, 4.69) is 0 Å². The van der Waals surface area contributed by atoms with Crippen LogP contribution in [0.5, 0.6) is 5.75 Å². The van der Waals surface area contributed by atoms with Crippen LogP contribution in [-0.4, -0.2) is 40.9 Å². The van der Waals surface area contributed by atoms with Crippen LogP contribution in [0.15, 0.2) is 47.3 Å². The summed E-state index contributed by atoms with van der Waals surface area (Å²) in [5.41, 5.74) is 1.72. The maximum atomic E-state index is 12.7. The van der Waals surface area contributed by atoms with Crippen molar-refractivity contribution in [2.75, 3.05) is 19.7 Å². The molecule has 6 nitrogen and oxygen atoms in total. The molecule has 0 radical (unpaired) electrons. The number of piperidine rings is 1. The number of pyridine rings is 1. The predicted octanol–water partition coefficient (Wildman–Crippen LogP) is 2.47. The Morgan fingerprint density at radius 2 is 1.86 bits per heavy atom. The molecule has 1 saturated heterocycles. The van der Waals surface area contributed by atoms with Crippen LogP contribution in [-0.2, 0) is 11.3 Å². The third-order valence-electron chi connectivity index (χ3n) is 5.69. The fraction of sp³-hybridized carbons (Fsp3) is 0.409. The summed E-state index contributed by atoms with van der Waals surface area (Å²) in [5, 5.41) is 0. The van der Waals surface area contributed by atoms with E-state index >= 15 is 0 Å². The van der Waals surface area contributed by atoms with Gasteiger partial charge < -0.3 is 14.2 Å². The number of fused-ring (bicyclic) bond motifs is 4. The van der Waals surface area contributed by atoms with E-state index < -0.39 is 0 Å². The second kappa shape index (κ2) is 7.62. The van der Waals surface area contributed by atoms with Crippen molar-refractivity contribution < 1.29 is 14.3 Å². The van der Waals surface area contributed by atoms with E-state index in [1.165, 1.54) is 0 Å². The first-order chi connectivity index (χ1) is 13.5. The zero-order chi connectivity index (χ0) is 19.7. The number of ether oxygens (including phenoxy) is 1. The highest BCUT2D eigenvalue weighted by Crippen LogP contribution is 2.34. The van der Waals surface area contributed by atoms with Crippen LogP contribution in [0.25, 0.3) is 0 Å². The van der Waals surface area contributed by atoms with Gasteiger partial charge in [-0.3, -0.25) is 14.4 Å². The maximum Gasteiger partial charge on any atom is 0.260 e. The van der Waals surface area contributed by atoms with Crippen molar-refractivity contribution in [1.29, 1.82) is 0 Å². The highest BCUT2D eigenvalue weighted by atomic mass is 16.5. The fourth-order valence-corrected chi connectivity index (χ4v) is 4.28. The third-order valence-corrected chi connectivity index (χ3v) is 5.69. The molecule has 3 heterocycles. The van der Waals surface area contributed by atoms with E-state index in [4.69, 9.17) is 4.74 Å². The average molecular weight is 380 g/mol. The van der Waals surface area contributed by atoms with Crippen LogP contribution >= 0.6 is 0 Å². The largest absolute Gasteiger partial charge is 0.484 e. The summed E-state index contributed by atoms with van der Waals surface area (Å²) in [6, 6.07) is 12.3. The lowest BCUT2D eigenvalue weighted by Gasteiger charge is -2.42. The first-order valence-corrected chi connectivity index (χ1v) is 9.78. The number of ketones is 1. The quantitative estimate of drug-likeness (QED) is 0.748. The number of carbonyl (C=O) groups is 2. The Bertz CT molecular complexity index is 948. The van der Waals surface area contributed by atoms with Crippen LogP contribution in [0.4, 0.5) is 0 Å². The summed E-state index contributed by atoms with van der Waals surface area (Å²) in [7, 11) is 0. The van der Waals surface area contributed by atoms with E-state index in [-0.39, 0.29) is 29.8 Å². The molecular formula is C22H24N2O4. The summed E-state index contributed by atoms with van der Waals surface area (Å²) in [6.45, 7) is 3.74. The number of likely N-dealkylation sites (tertiary alicyclic amines) is 1. The molecule has 2 aliphatic heterocycles. The van der Waals surface area contributed by atoms with Crippen molar-refractivity contribution in [3.63, 3.8) is 0 Å². The Labute approximate surface area is 163 Å². The van der Waals surface area contributed by atoms with Gasteiger partial charge in [-0.15, -0.1) is 0 Å². The molecule has 2 aromatic rings. The predicted molar refractivity (Wildman–Crippen MR) is 105 cm³/mol. The zero-order valence-electron chi connectivity index (χ0n) is 16.0. The highest BCUT2D eigenvalue weighted by Gasteiger charge is 2.36. The second-order valence-corrected chi connectivity index (χ2v) is 7.59. The number of amides is 1. The van der Waals surface area contributed by atoms with Crippen LogP contribution < -0.4 is 10.3 Å². The Morgan fingerprint density at radius 1 is 1.07 bits per heavy atom. The minimum absolute atomic E-state index is 0.0257. The lowest BCUT2D eigenvalue weighted by molar-refractivity contribution is -0.136. The van der Waals surface area contributed by atoms with Crippen LogP contribution in [0, 0.1) is 5.92 Å². The molecule has 0 N–H and O–H groups in total. The summed E-state index contributed by atoms with van der Waals surface area (Å²) < 4.78 is 7.50. The van der Waals surface area contributed by atoms with Gasteiger partial charge in [-0.05, 0) is 42.7 Å². The minimum atomic E-state index is -0.0462. The molecular weight excluding hydrogens is 356 g/mol. The van der Waals surface area contributed by atoms with Gasteiger partial charge in [0.15, 0.2) is 12.4 Å². The highest BCUT2D eigenvalue weighted by molar-refractivity contribution is 5.95.